The van der Waals surface area contributed by atoms with E-state index >= 15 is 0 Å². The van der Waals surface area contributed by atoms with Gasteiger partial charge in [0.25, 0.3) is 0 Å². The van der Waals surface area contributed by atoms with Gasteiger partial charge in [-0.1, -0.05) is 17.7 Å². The average molecular weight is 289 g/mol. The van der Waals surface area contributed by atoms with Crippen LogP contribution in [0.4, 0.5) is 5.69 Å². The van der Waals surface area contributed by atoms with Crippen LogP contribution >= 0.6 is 11.6 Å². The maximum Gasteiger partial charge on any atom is 0.124 e. The first-order valence-corrected chi connectivity index (χ1v) is 6.26. The van der Waals surface area contributed by atoms with E-state index in [0.29, 0.717) is 34.4 Å². The Hall–Kier alpha value is -2.38. The molecule has 0 heterocycles. The number of hydrogen-bond acceptors (Lipinski definition) is 4. The summed E-state index contributed by atoms with van der Waals surface area (Å²) in [6, 6.07) is 12.3. The minimum absolute atomic E-state index is 0.293. The van der Waals surface area contributed by atoms with Gasteiger partial charge in [-0.25, -0.2) is 0 Å². The van der Waals surface area contributed by atoms with Gasteiger partial charge in [-0.2, -0.15) is 5.26 Å². The number of nitrogens with two attached hydrogens (primary N) is 1. The molecular weight excluding hydrogens is 276 g/mol. The van der Waals surface area contributed by atoms with Crippen LogP contribution in [0, 0.1) is 11.3 Å². The van der Waals surface area contributed by atoms with Gasteiger partial charge in [0.15, 0.2) is 0 Å². The van der Waals surface area contributed by atoms with Crippen LogP contribution in [-0.2, 0) is 6.61 Å². The van der Waals surface area contributed by atoms with Gasteiger partial charge >= 0.3 is 0 Å². The summed E-state index contributed by atoms with van der Waals surface area (Å²) in [5, 5.41) is 9.53. The molecule has 0 aromatic heterocycles. The predicted octanol–water partition coefficient (Wildman–Crippen LogP) is 3.38. The summed E-state index contributed by atoms with van der Waals surface area (Å²) in [7, 11) is 1.54. The fraction of sp³-hybridized carbons (Fsp3) is 0.133. The molecular formula is C15H13ClN2O2. The summed E-state index contributed by atoms with van der Waals surface area (Å²) in [5.41, 5.74) is 7.73. The summed E-state index contributed by atoms with van der Waals surface area (Å²) in [6.07, 6.45) is 0. The molecule has 0 saturated carbocycles. The maximum atomic E-state index is 8.95. The average Bonchev–Trinajstić information content (AvgIpc) is 2.46. The molecule has 0 spiro atoms. The van der Waals surface area contributed by atoms with Crippen molar-refractivity contribution in [1.29, 1.82) is 5.26 Å². The summed E-state index contributed by atoms with van der Waals surface area (Å²) >= 11 is 5.84. The number of ether oxygens (including phenoxy) is 2. The Bertz CT molecular complexity index is 665. The second-order valence-electron chi connectivity index (χ2n) is 4.14. The lowest BCUT2D eigenvalue weighted by Crippen LogP contribution is -2.00. The highest BCUT2D eigenvalue weighted by molar-refractivity contribution is 6.30. The Morgan fingerprint density at radius 1 is 1.20 bits per heavy atom. The number of methoxy groups -OCH3 is 1. The van der Waals surface area contributed by atoms with Crippen molar-refractivity contribution in [3.63, 3.8) is 0 Å². The third-order valence-electron chi connectivity index (χ3n) is 2.75. The molecule has 102 valence electrons. The number of halogens is 1. The lowest BCUT2D eigenvalue weighted by molar-refractivity contribution is 0.304. The van der Waals surface area contributed by atoms with E-state index in [-0.39, 0.29) is 0 Å². The molecule has 0 fully saturated rings. The molecule has 0 aliphatic heterocycles. The van der Waals surface area contributed by atoms with Crippen LogP contribution in [0.3, 0.4) is 0 Å². The molecule has 0 aliphatic carbocycles. The van der Waals surface area contributed by atoms with Gasteiger partial charge in [-0.15, -0.1) is 0 Å². The third kappa shape index (κ3) is 3.34. The first-order valence-electron chi connectivity index (χ1n) is 5.88. The number of nitrogens with zero attached hydrogens (tertiary/aromatic N) is 1. The molecule has 2 aromatic carbocycles. The van der Waals surface area contributed by atoms with Crippen LogP contribution in [0.1, 0.15) is 11.1 Å². The molecule has 0 atom stereocenters. The topological polar surface area (TPSA) is 68.3 Å². The van der Waals surface area contributed by atoms with Crippen LogP contribution in [0.5, 0.6) is 11.5 Å². The Kier molecular flexibility index (Phi) is 4.34. The fourth-order valence-corrected chi connectivity index (χ4v) is 1.88. The highest BCUT2D eigenvalue weighted by atomic mass is 35.5. The van der Waals surface area contributed by atoms with E-state index in [4.69, 9.17) is 32.1 Å². The summed E-state index contributed by atoms with van der Waals surface area (Å²) in [6.45, 7) is 0.293. The Morgan fingerprint density at radius 3 is 2.60 bits per heavy atom. The lowest BCUT2D eigenvalue weighted by Gasteiger charge is -2.10. The zero-order chi connectivity index (χ0) is 14.5. The van der Waals surface area contributed by atoms with Crippen molar-refractivity contribution in [3.8, 4) is 17.6 Å². The quantitative estimate of drug-likeness (QED) is 0.876. The minimum atomic E-state index is 0.293. The highest BCUT2D eigenvalue weighted by Gasteiger charge is 2.05. The van der Waals surface area contributed by atoms with Gasteiger partial charge in [-0.05, 0) is 24.3 Å². The second kappa shape index (κ2) is 6.18. The van der Waals surface area contributed by atoms with Crippen LogP contribution in [0.2, 0.25) is 5.02 Å². The zero-order valence-corrected chi connectivity index (χ0v) is 11.6. The SMILES string of the molecule is COc1cc(C#N)cc(OCc2ccc(Cl)cc2N)c1. The van der Waals surface area contributed by atoms with E-state index in [9.17, 15) is 0 Å². The van der Waals surface area contributed by atoms with Gasteiger partial charge < -0.3 is 15.2 Å². The molecule has 5 heteroatoms. The molecule has 0 bridgehead atoms. The molecule has 0 saturated heterocycles. The maximum absolute atomic E-state index is 8.95. The normalized spacial score (nSPS) is 9.85. The fourth-order valence-electron chi connectivity index (χ4n) is 1.70. The molecule has 4 nitrogen and oxygen atoms in total. The largest absolute Gasteiger partial charge is 0.497 e. The number of benzene rings is 2. The van der Waals surface area contributed by atoms with Crippen molar-refractivity contribution in [2.24, 2.45) is 0 Å². The van der Waals surface area contributed by atoms with Crippen LogP contribution in [-0.4, -0.2) is 7.11 Å². The Labute approximate surface area is 122 Å². The number of nitrogen functional groups attached to an aromatic ring is 1. The van der Waals surface area contributed by atoms with E-state index in [1.165, 1.54) is 7.11 Å². The van der Waals surface area contributed by atoms with E-state index in [0.717, 1.165) is 5.56 Å². The molecule has 0 aliphatic rings. The molecule has 2 rings (SSSR count). The Morgan fingerprint density at radius 2 is 1.95 bits per heavy atom. The van der Waals surface area contributed by atoms with Crippen molar-refractivity contribution in [1.82, 2.24) is 0 Å². The van der Waals surface area contributed by atoms with Gasteiger partial charge in [0, 0.05) is 22.3 Å². The monoisotopic (exact) mass is 288 g/mol. The van der Waals surface area contributed by atoms with E-state index in [1.807, 2.05) is 6.07 Å². The predicted molar refractivity (Wildman–Crippen MR) is 77.9 cm³/mol. The van der Waals surface area contributed by atoms with Crippen molar-refractivity contribution in [3.05, 3.63) is 52.5 Å². The molecule has 0 radical (unpaired) electrons. The first kappa shape index (κ1) is 14.0. The number of rotatable bonds is 4. The third-order valence-corrected chi connectivity index (χ3v) is 2.98. The number of anilines is 1. The summed E-state index contributed by atoms with van der Waals surface area (Å²) < 4.78 is 10.8. The van der Waals surface area contributed by atoms with Gasteiger partial charge in [-0.3, -0.25) is 0 Å². The van der Waals surface area contributed by atoms with E-state index < -0.39 is 0 Å². The van der Waals surface area contributed by atoms with Gasteiger partial charge in [0.1, 0.15) is 18.1 Å². The van der Waals surface area contributed by atoms with Gasteiger partial charge in [0.2, 0.25) is 0 Å². The molecule has 2 N–H and O–H groups in total. The minimum Gasteiger partial charge on any atom is -0.497 e. The van der Waals surface area contributed by atoms with Crippen molar-refractivity contribution < 1.29 is 9.47 Å². The standard InChI is InChI=1S/C15H13ClN2O2/c1-19-13-4-10(8-17)5-14(7-13)20-9-11-2-3-12(16)6-15(11)18/h2-7H,9,18H2,1H3. The first-order chi connectivity index (χ1) is 9.62. The summed E-state index contributed by atoms with van der Waals surface area (Å²) in [4.78, 5) is 0. The molecule has 20 heavy (non-hydrogen) atoms. The van der Waals surface area contributed by atoms with Crippen molar-refractivity contribution >= 4 is 17.3 Å². The number of nitriles is 1. The second-order valence-corrected chi connectivity index (χ2v) is 4.58. The van der Waals surface area contributed by atoms with Crippen LogP contribution < -0.4 is 15.2 Å². The molecule has 0 amide bonds. The smallest absolute Gasteiger partial charge is 0.124 e. The lowest BCUT2D eigenvalue weighted by atomic mass is 10.2. The molecule has 2 aromatic rings. The van der Waals surface area contributed by atoms with E-state index in [1.54, 1.807) is 30.3 Å². The van der Waals surface area contributed by atoms with Crippen LogP contribution in [0.15, 0.2) is 36.4 Å². The highest BCUT2D eigenvalue weighted by Crippen LogP contribution is 2.24. The number of hydrogen-bond donors (Lipinski definition) is 1. The zero-order valence-electron chi connectivity index (χ0n) is 10.9. The Balaban J connectivity index is 2.16. The van der Waals surface area contributed by atoms with Crippen molar-refractivity contribution in [2.45, 2.75) is 6.61 Å². The van der Waals surface area contributed by atoms with Crippen LogP contribution in [0.25, 0.3) is 0 Å². The molecule has 0 unspecified atom stereocenters. The summed E-state index contributed by atoms with van der Waals surface area (Å²) in [5.74, 6) is 1.12. The van der Waals surface area contributed by atoms with Crippen molar-refractivity contribution in [2.75, 3.05) is 12.8 Å². The van der Waals surface area contributed by atoms with E-state index in [2.05, 4.69) is 6.07 Å². The van der Waals surface area contributed by atoms with Gasteiger partial charge in [0.05, 0.1) is 18.7 Å².